The van der Waals surface area contributed by atoms with E-state index in [-0.39, 0.29) is 11.8 Å². The first-order valence-corrected chi connectivity index (χ1v) is 9.88. The van der Waals surface area contributed by atoms with Crippen molar-refractivity contribution in [3.63, 3.8) is 0 Å². The Balaban J connectivity index is 1.32. The molecule has 0 saturated carbocycles. The van der Waals surface area contributed by atoms with E-state index in [2.05, 4.69) is 38.0 Å². The van der Waals surface area contributed by atoms with Crippen LogP contribution in [0.5, 0.6) is 0 Å². The van der Waals surface area contributed by atoms with E-state index >= 15 is 0 Å². The highest BCUT2D eigenvalue weighted by atomic mass is 16.5. The molecular formula is C20H27N5O3. The van der Waals surface area contributed by atoms with Crippen LogP contribution >= 0.6 is 0 Å². The SMILES string of the molecule is C/C(=C\c1ccco1)CN1CCc2nnc(CNC(=O)C3CCOC3)n2CC1. The lowest BCUT2D eigenvalue weighted by atomic mass is 10.1. The molecule has 1 unspecified atom stereocenters. The lowest BCUT2D eigenvalue weighted by Crippen LogP contribution is -2.32. The Morgan fingerprint density at radius 2 is 2.29 bits per heavy atom. The van der Waals surface area contributed by atoms with Gasteiger partial charge in [0, 0.05) is 39.2 Å². The average molecular weight is 385 g/mol. The zero-order valence-electron chi connectivity index (χ0n) is 16.3. The third-order valence-corrected chi connectivity index (χ3v) is 5.32. The third kappa shape index (κ3) is 4.51. The fourth-order valence-corrected chi connectivity index (χ4v) is 3.78. The van der Waals surface area contributed by atoms with Crippen LogP contribution in [0.3, 0.4) is 0 Å². The van der Waals surface area contributed by atoms with Crippen molar-refractivity contribution < 1.29 is 13.9 Å². The summed E-state index contributed by atoms with van der Waals surface area (Å²) < 4.78 is 12.8. The summed E-state index contributed by atoms with van der Waals surface area (Å²) in [5, 5.41) is 11.6. The highest BCUT2D eigenvalue weighted by molar-refractivity contribution is 5.78. The van der Waals surface area contributed by atoms with Crippen LogP contribution in [0.25, 0.3) is 6.08 Å². The van der Waals surface area contributed by atoms with Crippen LogP contribution in [0.1, 0.15) is 30.8 Å². The minimum atomic E-state index is -0.0362. The van der Waals surface area contributed by atoms with E-state index < -0.39 is 0 Å². The Bertz CT molecular complexity index is 821. The highest BCUT2D eigenvalue weighted by Gasteiger charge is 2.24. The molecule has 0 bridgehead atoms. The maximum atomic E-state index is 12.2. The Labute approximate surface area is 164 Å². The summed E-state index contributed by atoms with van der Waals surface area (Å²) in [6.07, 6.45) is 5.42. The Morgan fingerprint density at radius 1 is 1.36 bits per heavy atom. The molecule has 2 aliphatic rings. The van der Waals surface area contributed by atoms with Gasteiger partial charge in [-0.25, -0.2) is 0 Å². The lowest BCUT2D eigenvalue weighted by molar-refractivity contribution is -0.125. The second kappa shape index (κ2) is 8.70. The fraction of sp³-hybridized carbons (Fsp3) is 0.550. The molecular weight excluding hydrogens is 358 g/mol. The van der Waals surface area contributed by atoms with Crippen molar-refractivity contribution in [1.29, 1.82) is 0 Å². The first-order valence-electron chi connectivity index (χ1n) is 9.88. The quantitative estimate of drug-likeness (QED) is 0.811. The first kappa shape index (κ1) is 18.9. The number of aromatic nitrogens is 3. The van der Waals surface area contributed by atoms with Gasteiger partial charge in [0.1, 0.15) is 11.6 Å². The molecule has 4 rings (SSSR count). The van der Waals surface area contributed by atoms with Gasteiger partial charge in [0.2, 0.25) is 5.91 Å². The Morgan fingerprint density at radius 3 is 3.07 bits per heavy atom. The van der Waals surface area contributed by atoms with Crippen molar-refractivity contribution in [2.24, 2.45) is 5.92 Å². The molecule has 1 fully saturated rings. The predicted molar refractivity (Wildman–Crippen MR) is 103 cm³/mol. The van der Waals surface area contributed by atoms with E-state index in [9.17, 15) is 4.79 Å². The monoisotopic (exact) mass is 385 g/mol. The molecule has 1 N–H and O–H groups in total. The van der Waals surface area contributed by atoms with Gasteiger partial charge in [0.05, 0.1) is 25.3 Å². The van der Waals surface area contributed by atoms with Crippen LogP contribution in [-0.4, -0.2) is 58.4 Å². The van der Waals surface area contributed by atoms with E-state index in [0.717, 1.165) is 56.4 Å². The van der Waals surface area contributed by atoms with Crippen LogP contribution in [-0.2, 0) is 29.0 Å². The van der Waals surface area contributed by atoms with Gasteiger partial charge in [-0.15, -0.1) is 10.2 Å². The largest absolute Gasteiger partial charge is 0.465 e. The van der Waals surface area contributed by atoms with E-state index in [1.807, 2.05) is 12.1 Å². The maximum absolute atomic E-state index is 12.2. The number of hydrogen-bond donors (Lipinski definition) is 1. The summed E-state index contributed by atoms with van der Waals surface area (Å²) in [7, 11) is 0. The number of rotatable bonds is 6. The summed E-state index contributed by atoms with van der Waals surface area (Å²) in [6, 6.07) is 3.86. The third-order valence-electron chi connectivity index (χ3n) is 5.32. The second-order valence-corrected chi connectivity index (χ2v) is 7.49. The minimum absolute atomic E-state index is 0.0362. The maximum Gasteiger partial charge on any atom is 0.225 e. The van der Waals surface area contributed by atoms with Gasteiger partial charge in [0.25, 0.3) is 0 Å². The van der Waals surface area contributed by atoms with Crippen molar-refractivity contribution in [3.05, 3.63) is 41.4 Å². The number of fused-ring (bicyclic) bond motifs is 1. The van der Waals surface area contributed by atoms with Gasteiger partial charge < -0.3 is 19.0 Å². The topological polar surface area (TPSA) is 85.4 Å². The number of ether oxygens (including phenoxy) is 1. The van der Waals surface area contributed by atoms with Crippen molar-refractivity contribution in [2.75, 3.05) is 32.8 Å². The molecule has 8 heteroatoms. The number of amides is 1. The van der Waals surface area contributed by atoms with E-state index in [1.165, 1.54) is 5.57 Å². The fourth-order valence-electron chi connectivity index (χ4n) is 3.78. The Kier molecular flexibility index (Phi) is 5.87. The minimum Gasteiger partial charge on any atom is -0.465 e. The number of hydrogen-bond acceptors (Lipinski definition) is 6. The molecule has 150 valence electrons. The van der Waals surface area contributed by atoms with Crippen LogP contribution in [0.15, 0.2) is 28.4 Å². The molecule has 4 heterocycles. The second-order valence-electron chi connectivity index (χ2n) is 7.49. The molecule has 0 aromatic carbocycles. The summed E-state index contributed by atoms with van der Waals surface area (Å²) in [4.78, 5) is 14.6. The number of carbonyl (C=O) groups is 1. The molecule has 2 aromatic heterocycles. The van der Waals surface area contributed by atoms with Crippen LogP contribution in [0, 0.1) is 5.92 Å². The van der Waals surface area contributed by atoms with Crippen molar-refractivity contribution >= 4 is 12.0 Å². The van der Waals surface area contributed by atoms with Gasteiger partial charge in [-0.05, 0) is 31.6 Å². The van der Waals surface area contributed by atoms with Gasteiger partial charge in [-0.1, -0.05) is 5.57 Å². The summed E-state index contributed by atoms with van der Waals surface area (Å²) in [5.74, 6) is 2.71. The number of nitrogens with one attached hydrogen (secondary N) is 1. The summed E-state index contributed by atoms with van der Waals surface area (Å²) in [5.41, 5.74) is 1.26. The average Bonchev–Trinajstić information content (AvgIpc) is 3.43. The van der Waals surface area contributed by atoms with Crippen molar-refractivity contribution in [2.45, 2.75) is 32.9 Å². The summed E-state index contributed by atoms with van der Waals surface area (Å²) >= 11 is 0. The molecule has 2 aromatic rings. The molecule has 8 nitrogen and oxygen atoms in total. The molecule has 0 aliphatic carbocycles. The van der Waals surface area contributed by atoms with Crippen LogP contribution in [0.4, 0.5) is 0 Å². The number of carbonyl (C=O) groups excluding carboxylic acids is 1. The Hall–Kier alpha value is -2.45. The molecule has 1 saturated heterocycles. The zero-order chi connectivity index (χ0) is 19.3. The molecule has 1 amide bonds. The van der Waals surface area contributed by atoms with E-state index in [1.54, 1.807) is 6.26 Å². The van der Waals surface area contributed by atoms with Crippen molar-refractivity contribution in [3.8, 4) is 0 Å². The predicted octanol–water partition coefficient (Wildman–Crippen LogP) is 1.49. The normalized spacial score (nSPS) is 20.8. The first-order chi connectivity index (χ1) is 13.7. The lowest BCUT2D eigenvalue weighted by Gasteiger charge is -2.20. The van der Waals surface area contributed by atoms with E-state index in [0.29, 0.717) is 19.8 Å². The van der Waals surface area contributed by atoms with Gasteiger partial charge >= 0.3 is 0 Å². The smallest absolute Gasteiger partial charge is 0.225 e. The zero-order valence-corrected chi connectivity index (χ0v) is 16.3. The van der Waals surface area contributed by atoms with Crippen LogP contribution < -0.4 is 5.32 Å². The molecule has 2 aliphatic heterocycles. The van der Waals surface area contributed by atoms with Crippen LogP contribution in [0.2, 0.25) is 0 Å². The summed E-state index contributed by atoms with van der Waals surface area (Å²) in [6.45, 7) is 7.31. The van der Waals surface area contributed by atoms with Gasteiger partial charge in [0.15, 0.2) is 5.82 Å². The molecule has 28 heavy (non-hydrogen) atoms. The van der Waals surface area contributed by atoms with Crippen molar-refractivity contribution in [1.82, 2.24) is 25.0 Å². The molecule has 0 radical (unpaired) electrons. The molecule has 1 atom stereocenters. The van der Waals surface area contributed by atoms with E-state index in [4.69, 9.17) is 9.15 Å². The standard InChI is InChI=1S/C20H27N5O3/c1-15(11-17-3-2-9-28-17)13-24-6-4-18-22-23-19(25(18)8-7-24)12-21-20(26)16-5-10-27-14-16/h2-3,9,11,16H,4-8,10,12-14H2,1H3,(H,21,26)/b15-11+. The number of nitrogens with zero attached hydrogens (tertiary/aromatic N) is 4. The number of furan rings is 1. The van der Waals surface area contributed by atoms with Gasteiger partial charge in [-0.2, -0.15) is 0 Å². The van der Waals surface area contributed by atoms with Gasteiger partial charge in [-0.3, -0.25) is 9.69 Å². The molecule has 0 spiro atoms. The highest BCUT2D eigenvalue weighted by Crippen LogP contribution is 2.14.